The van der Waals surface area contributed by atoms with E-state index in [2.05, 4.69) is 0 Å². The first-order chi connectivity index (χ1) is 13.5. The van der Waals surface area contributed by atoms with Crippen molar-refractivity contribution in [2.75, 3.05) is 4.90 Å². The van der Waals surface area contributed by atoms with Crippen LogP contribution in [0.4, 0.5) is 5.69 Å². The lowest BCUT2D eigenvalue weighted by atomic mass is 10.1. The number of imide groups is 1. The average molecular weight is 389 g/mol. The number of amides is 2. The Bertz CT molecular complexity index is 1050. The molecule has 4 rings (SSSR count). The number of thioether (sulfide) groups is 1. The number of furan rings is 1. The Kier molecular flexibility index (Phi) is 4.92. The van der Waals surface area contributed by atoms with Crippen molar-refractivity contribution in [3.8, 4) is 0 Å². The monoisotopic (exact) mass is 389 g/mol. The molecule has 0 N–H and O–H groups in total. The van der Waals surface area contributed by atoms with Crippen molar-refractivity contribution in [3.05, 3.63) is 94.3 Å². The van der Waals surface area contributed by atoms with E-state index >= 15 is 0 Å². The Balaban J connectivity index is 1.76. The summed E-state index contributed by atoms with van der Waals surface area (Å²) in [5.74, 6) is 0.668. The predicted octanol–water partition coefficient (Wildman–Crippen LogP) is 5.11. The minimum absolute atomic E-state index is 0.287. The van der Waals surface area contributed by atoms with Gasteiger partial charge < -0.3 is 4.42 Å². The van der Waals surface area contributed by atoms with Crippen LogP contribution in [0.1, 0.15) is 22.5 Å². The van der Waals surface area contributed by atoms with Crippen LogP contribution < -0.4 is 4.90 Å². The van der Waals surface area contributed by atoms with Gasteiger partial charge in [0, 0.05) is 0 Å². The second kappa shape index (κ2) is 7.52. The van der Waals surface area contributed by atoms with Crippen molar-refractivity contribution in [2.45, 2.75) is 19.6 Å². The third kappa shape index (κ3) is 3.41. The molecule has 3 aromatic rings. The zero-order chi connectivity index (χ0) is 19.7. The Morgan fingerprint density at radius 2 is 1.61 bits per heavy atom. The molecule has 0 saturated heterocycles. The van der Waals surface area contributed by atoms with Gasteiger partial charge in [-0.2, -0.15) is 0 Å². The van der Waals surface area contributed by atoms with E-state index in [-0.39, 0.29) is 11.8 Å². The van der Waals surface area contributed by atoms with Crippen LogP contribution in [0.3, 0.4) is 0 Å². The number of benzene rings is 2. The van der Waals surface area contributed by atoms with Gasteiger partial charge in [0.1, 0.15) is 5.76 Å². The molecule has 0 fully saturated rings. The summed E-state index contributed by atoms with van der Waals surface area (Å²) in [5.41, 5.74) is 3.81. The molecule has 0 aliphatic carbocycles. The minimum Gasteiger partial charge on any atom is -0.468 e. The maximum Gasteiger partial charge on any atom is 0.272 e. The number of nitrogens with zero attached hydrogens (tertiary/aromatic N) is 1. The highest BCUT2D eigenvalue weighted by atomic mass is 32.2. The van der Waals surface area contributed by atoms with Crippen LogP contribution in [-0.2, 0) is 15.3 Å². The Morgan fingerprint density at radius 3 is 2.25 bits per heavy atom. The van der Waals surface area contributed by atoms with Crippen molar-refractivity contribution in [1.82, 2.24) is 0 Å². The number of hydrogen-bond donors (Lipinski definition) is 0. The Labute approximate surface area is 167 Å². The molecular weight excluding hydrogens is 370 g/mol. The third-order valence-electron chi connectivity index (χ3n) is 4.51. The normalized spacial score (nSPS) is 14.3. The summed E-state index contributed by atoms with van der Waals surface area (Å²) >= 11 is 1.34. The van der Waals surface area contributed by atoms with E-state index in [1.165, 1.54) is 16.7 Å². The molecular formula is C23H19NO3S. The van der Waals surface area contributed by atoms with Crippen LogP contribution in [0.5, 0.6) is 0 Å². The molecule has 1 aromatic heterocycles. The lowest BCUT2D eigenvalue weighted by molar-refractivity contribution is -0.119. The fourth-order valence-corrected chi connectivity index (χ4v) is 4.37. The van der Waals surface area contributed by atoms with Crippen LogP contribution >= 0.6 is 11.8 Å². The topological polar surface area (TPSA) is 50.5 Å². The molecule has 4 nitrogen and oxygen atoms in total. The van der Waals surface area contributed by atoms with Crippen LogP contribution in [0.25, 0.3) is 5.57 Å². The number of hydrogen-bond acceptors (Lipinski definition) is 4. The molecule has 2 aromatic carbocycles. The van der Waals surface area contributed by atoms with Crippen LogP contribution in [0, 0.1) is 13.8 Å². The lowest BCUT2D eigenvalue weighted by Crippen LogP contribution is -2.31. The average Bonchev–Trinajstić information content (AvgIpc) is 3.26. The van der Waals surface area contributed by atoms with Gasteiger partial charge in [-0.15, -0.1) is 11.8 Å². The van der Waals surface area contributed by atoms with Gasteiger partial charge >= 0.3 is 0 Å². The summed E-state index contributed by atoms with van der Waals surface area (Å²) in [6, 6.07) is 18.8. The largest absolute Gasteiger partial charge is 0.468 e. The van der Waals surface area contributed by atoms with E-state index in [4.69, 9.17) is 4.42 Å². The fourth-order valence-electron chi connectivity index (χ4n) is 3.36. The van der Waals surface area contributed by atoms with Crippen molar-refractivity contribution >= 4 is 34.8 Å². The minimum atomic E-state index is -0.289. The van der Waals surface area contributed by atoms with Crippen LogP contribution in [0.15, 0.2) is 76.2 Å². The van der Waals surface area contributed by atoms with E-state index < -0.39 is 0 Å². The van der Waals surface area contributed by atoms with Crippen molar-refractivity contribution < 1.29 is 14.0 Å². The molecule has 0 radical (unpaired) electrons. The van der Waals surface area contributed by atoms with Crippen LogP contribution in [-0.4, -0.2) is 11.8 Å². The maximum atomic E-state index is 13.3. The van der Waals surface area contributed by atoms with Gasteiger partial charge in [0.25, 0.3) is 11.8 Å². The molecule has 140 valence electrons. The highest BCUT2D eigenvalue weighted by molar-refractivity contribution is 8.03. The van der Waals surface area contributed by atoms with Gasteiger partial charge in [-0.05, 0) is 54.8 Å². The smallest absolute Gasteiger partial charge is 0.272 e. The summed E-state index contributed by atoms with van der Waals surface area (Å²) in [4.78, 5) is 28.3. The molecule has 0 bridgehead atoms. The molecule has 5 heteroatoms. The number of rotatable bonds is 5. The Hall–Kier alpha value is -3.05. The van der Waals surface area contributed by atoms with E-state index in [1.807, 2.05) is 74.5 Å². The second-order valence-electron chi connectivity index (χ2n) is 6.73. The molecule has 0 unspecified atom stereocenters. The Morgan fingerprint density at radius 1 is 0.893 bits per heavy atom. The third-order valence-corrected chi connectivity index (χ3v) is 5.60. The SMILES string of the molecule is Cc1cc(C)cc(N2C(=O)C(SCc3ccco3)=C(c3ccccc3)C2=O)c1. The molecule has 28 heavy (non-hydrogen) atoms. The quantitative estimate of drug-likeness (QED) is 0.569. The standard InChI is InChI=1S/C23H19NO3S/c1-15-11-16(2)13-18(12-15)24-22(25)20(17-7-4-3-5-8-17)21(23(24)26)28-14-19-9-6-10-27-19/h3-13H,14H2,1-2H3. The van der Waals surface area contributed by atoms with Gasteiger partial charge in [-0.3, -0.25) is 9.59 Å². The molecule has 2 heterocycles. The van der Waals surface area contributed by atoms with E-state index in [0.717, 1.165) is 22.5 Å². The maximum absolute atomic E-state index is 13.3. The van der Waals surface area contributed by atoms with Gasteiger partial charge in [0.15, 0.2) is 0 Å². The van der Waals surface area contributed by atoms with E-state index in [9.17, 15) is 9.59 Å². The highest BCUT2D eigenvalue weighted by Crippen LogP contribution is 2.39. The number of anilines is 1. The molecule has 1 aliphatic heterocycles. The number of carbonyl (C=O) groups is 2. The van der Waals surface area contributed by atoms with Gasteiger partial charge in [-0.1, -0.05) is 36.4 Å². The van der Waals surface area contributed by atoms with E-state index in [0.29, 0.717) is 21.9 Å². The summed E-state index contributed by atoms with van der Waals surface area (Å²) in [5, 5.41) is 0. The zero-order valence-corrected chi connectivity index (χ0v) is 16.5. The molecule has 1 aliphatic rings. The fraction of sp³-hybridized carbons (Fsp3) is 0.130. The molecule has 0 atom stereocenters. The van der Waals surface area contributed by atoms with Crippen LogP contribution in [0.2, 0.25) is 0 Å². The lowest BCUT2D eigenvalue weighted by Gasteiger charge is -2.16. The summed E-state index contributed by atoms with van der Waals surface area (Å²) in [7, 11) is 0. The van der Waals surface area contributed by atoms with Gasteiger partial charge in [0.05, 0.1) is 28.2 Å². The molecule has 2 amide bonds. The number of carbonyl (C=O) groups excluding carboxylic acids is 2. The van der Waals surface area contributed by atoms with Crippen molar-refractivity contribution in [3.63, 3.8) is 0 Å². The summed E-state index contributed by atoms with van der Waals surface area (Å²) in [6.07, 6.45) is 1.60. The van der Waals surface area contributed by atoms with Crippen molar-refractivity contribution in [1.29, 1.82) is 0 Å². The molecule has 0 saturated carbocycles. The molecule has 0 spiro atoms. The second-order valence-corrected chi connectivity index (χ2v) is 7.72. The van der Waals surface area contributed by atoms with E-state index in [1.54, 1.807) is 6.26 Å². The van der Waals surface area contributed by atoms with Crippen molar-refractivity contribution in [2.24, 2.45) is 0 Å². The number of aryl methyl sites for hydroxylation is 2. The first-order valence-electron chi connectivity index (χ1n) is 8.96. The first-order valence-corrected chi connectivity index (χ1v) is 9.95. The van der Waals surface area contributed by atoms with Gasteiger partial charge in [0.2, 0.25) is 0 Å². The first kappa shape index (κ1) is 18.3. The summed E-state index contributed by atoms with van der Waals surface area (Å²) < 4.78 is 5.39. The summed E-state index contributed by atoms with van der Waals surface area (Å²) in [6.45, 7) is 3.92. The van der Waals surface area contributed by atoms with Gasteiger partial charge in [-0.25, -0.2) is 4.90 Å². The zero-order valence-electron chi connectivity index (χ0n) is 15.6. The predicted molar refractivity (Wildman–Crippen MR) is 112 cm³/mol. The highest BCUT2D eigenvalue weighted by Gasteiger charge is 2.40.